The summed E-state index contributed by atoms with van der Waals surface area (Å²) >= 11 is 12.1. The number of nitrogens with one attached hydrogen (secondary N) is 1. The number of anilines is 1. The van der Waals surface area contributed by atoms with Crippen LogP contribution in [0.3, 0.4) is 0 Å². The number of halogens is 2. The van der Waals surface area contributed by atoms with E-state index in [0.717, 1.165) is 11.3 Å². The number of hydrogen-bond acceptors (Lipinski definition) is 2. The molecule has 2 nitrogen and oxygen atoms in total. The minimum atomic E-state index is -0.596. The molecule has 2 aromatic rings. The fraction of sp³-hybridized carbons (Fsp3) is 0.294. The van der Waals surface area contributed by atoms with Crippen LogP contribution in [0.4, 0.5) is 5.69 Å². The molecule has 112 valence electrons. The van der Waals surface area contributed by atoms with Gasteiger partial charge in [0.2, 0.25) is 0 Å². The zero-order chi connectivity index (χ0) is 15.4. The number of benzene rings is 2. The van der Waals surface area contributed by atoms with E-state index in [9.17, 15) is 5.11 Å². The molecule has 0 heterocycles. The van der Waals surface area contributed by atoms with E-state index >= 15 is 0 Å². The molecule has 0 aliphatic heterocycles. The average molecular weight is 324 g/mol. The van der Waals surface area contributed by atoms with Crippen molar-refractivity contribution in [2.24, 2.45) is 0 Å². The molecule has 2 aromatic carbocycles. The molecule has 2 rings (SSSR count). The predicted molar refractivity (Wildman–Crippen MR) is 90.4 cm³/mol. The minimum Gasteiger partial charge on any atom is -0.387 e. The van der Waals surface area contributed by atoms with Gasteiger partial charge in [0.15, 0.2) is 0 Å². The second kappa shape index (κ2) is 7.17. The van der Waals surface area contributed by atoms with Crippen LogP contribution in [0.5, 0.6) is 0 Å². The third-order valence-electron chi connectivity index (χ3n) is 3.43. The number of hydrogen-bond donors (Lipinski definition) is 2. The van der Waals surface area contributed by atoms with E-state index < -0.39 is 6.10 Å². The highest BCUT2D eigenvalue weighted by Gasteiger charge is 2.10. The Kier molecular flexibility index (Phi) is 5.51. The monoisotopic (exact) mass is 323 g/mol. The molecule has 21 heavy (non-hydrogen) atoms. The predicted octanol–water partition coefficient (Wildman–Crippen LogP) is 5.26. The van der Waals surface area contributed by atoms with Crippen molar-refractivity contribution in [3.63, 3.8) is 0 Å². The van der Waals surface area contributed by atoms with Gasteiger partial charge in [0.25, 0.3) is 0 Å². The standard InChI is InChI=1S/C17H19Cl2NO/c1-11(2)12-6-8-13(9-7-12)16(21)10-20-15-5-3-4-14(18)17(15)19/h3-9,11,16,20-21H,10H2,1-2H3. The molecule has 2 N–H and O–H groups in total. The van der Waals surface area contributed by atoms with Crippen molar-refractivity contribution >= 4 is 28.9 Å². The number of rotatable bonds is 5. The second-order valence-corrected chi connectivity index (χ2v) is 6.10. The quantitative estimate of drug-likeness (QED) is 0.786. The first-order chi connectivity index (χ1) is 9.99. The third-order valence-corrected chi connectivity index (χ3v) is 4.24. The third kappa shape index (κ3) is 4.13. The average Bonchev–Trinajstić information content (AvgIpc) is 2.48. The number of aliphatic hydroxyl groups is 1. The van der Waals surface area contributed by atoms with Gasteiger partial charge in [-0.25, -0.2) is 0 Å². The molecule has 0 fully saturated rings. The molecule has 0 amide bonds. The molecule has 1 unspecified atom stereocenters. The van der Waals surface area contributed by atoms with Gasteiger partial charge in [0, 0.05) is 6.54 Å². The van der Waals surface area contributed by atoms with Crippen LogP contribution in [-0.2, 0) is 0 Å². The van der Waals surface area contributed by atoms with Gasteiger partial charge in [-0.3, -0.25) is 0 Å². The Balaban J connectivity index is 2.01. The Morgan fingerprint density at radius 2 is 1.62 bits per heavy atom. The van der Waals surface area contributed by atoms with Crippen molar-refractivity contribution in [2.45, 2.75) is 25.9 Å². The highest BCUT2D eigenvalue weighted by atomic mass is 35.5. The van der Waals surface area contributed by atoms with Crippen molar-refractivity contribution in [1.29, 1.82) is 0 Å². The molecule has 1 atom stereocenters. The highest BCUT2D eigenvalue weighted by Crippen LogP contribution is 2.30. The lowest BCUT2D eigenvalue weighted by molar-refractivity contribution is 0.191. The van der Waals surface area contributed by atoms with E-state index in [1.54, 1.807) is 6.07 Å². The first-order valence-corrected chi connectivity index (χ1v) is 7.70. The summed E-state index contributed by atoms with van der Waals surface area (Å²) in [7, 11) is 0. The maximum absolute atomic E-state index is 10.2. The van der Waals surface area contributed by atoms with Crippen molar-refractivity contribution in [3.8, 4) is 0 Å². The molecule has 0 spiro atoms. The van der Waals surface area contributed by atoms with Crippen LogP contribution in [0.15, 0.2) is 42.5 Å². The van der Waals surface area contributed by atoms with E-state index in [-0.39, 0.29) is 0 Å². The molecular formula is C17H19Cl2NO. The molecule has 4 heteroatoms. The van der Waals surface area contributed by atoms with Crippen LogP contribution in [-0.4, -0.2) is 11.7 Å². The summed E-state index contributed by atoms with van der Waals surface area (Å²) in [6, 6.07) is 13.4. The normalized spacial score (nSPS) is 12.5. The molecule has 0 saturated heterocycles. The van der Waals surface area contributed by atoms with E-state index in [1.165, 1.54) is 5.56 Å². The van der Waals surface area contributed by atoms with Gasteiger partial charge >= 0.3 is 0 Å². The zero-order valence-corrected chi connectivity index (χ0v) is 13.6. The Morgan fingerprint density at radius 1 is 1.00 bits per heavy atom. The van der Waals surface area contributed by atoms with Crippen LogP contribution < -0.4 is 5.32 Å². The largest absolute Gasteiger partial charge is 0.387 e. The minimum absolute atomic E-state index is 0.376. The van der Waals surface area contributed by atoms with Gasteiger partial charge in [0.1, 0.15) is 0 Å². The van der Waals surface area contributed by atoms with Gasteiger partial charge < -0.3 is 10.4 Å². The van der Waals surface area contributed by atoms with Gasteiger partial charge in [-0.2, -0.15) is 0 Å². The number of aliphatic hydroxyl groups excluding tert-OH is 1. The summed E-state index contributed by atoms with van der Waals surface area (Å²) in [5.74, 6) is 0.486. The highest BCUT2D eigenvalue weighted by molar-refractivity contribution is 6.43. The molecular weight excluding hydrogens is 305 g/mol. The van der Waals surface area contributed by atoms with Crippen LogP contribution in [0.2, 0.25) is 10.0 Å². The molecule has 0 saturated carbocycles. The maximum Gasteiger partial charge on any atom is 0.0962 e. The smallest absolute Gasteiger partial charge is 0.0962 e. The topological polar surface area (TPSA) is 32.3 Å². The molecule has 0 aromatic heterocycles. The van der Waals surface area contributed by atoms with E-state index in [0.29, 0.717) is 22.5 Å². The van der Waals surface area contributed by atoms with Crippen LogP contribution in [0.25, 0.3) is 0 Å². The van der Waals surface area contributed by atoms with E-state index in [2.05, 4.69) is 31.3 Å². The first kappa shape index (κ1) is 16.2. The van der Waals surface area contributed by atoms with Crippen LogP contribution in [0, 0.1) is 0 Å². The molecule has 0 radical (unpaired) electrons. The fourth-order valence-corrected chi connectivity index (χ4v) is 2.44. The Labute approximate surface area is 135 Å². The lowest BCUT2D eigenvalue weighted by atomic mass is 10.00. The van der Waals surface area contributed by atoms with E-state index in [4.69, 9.17) is 23.2 Å². The summed E-state index contributed by atoms with van der Waals surface area (Å²) < 4.78 is 0. The summed E-state index contributed by atoms with van der Waals surface area (Å²) in [5, 5.41) is 14.3. The van der Waals surface area contributed by atoms with Gasteiger partial charge in [0.05, 0.1) is 21.8 Å². The maximum atomic E-state index is 10.2. The summed E-state index contributed by atoms with van der Waals surface area (Å²) in [6.45, 7) is 4.67. The summed E-state index contributed by atoms with van der Waals surface area (Å²) in [5.41, 5.74) is 2.86. The molecule has 0 bridgehead atoms. The van der Waals surface area contributed by atoms with Gasteiger partial charge in [-0.15, -0.1) is 0 Å². The Morgan fingerprint density at radius 3 is 2.24 bits per heavy atom. The molecule has 0 aliphatic rings. The summed E-state index contributed by atoms with van der Waals surface area (Å²) in [4.78, 5) is 0. The van der Waals surface area contributed by atoms with Crippen LogP contribution in [0.1, 0.15) is 37.0 Å². The van der Waals surface area contributed by atoms with Crippen LogP contribution >= 0.6 is 23.2 Å². The van der Waals surface area contributed by atoms with Crippen molar-refractivity contribution in [1.82, 2.24) is 0 Å². The molecule has 0 aliphatic carbocycles. The van der Waals surface area contributed by atoms with Crippen molar-refractivity contribution < 1.29 is 5.11 Å². The van der Waals surface area contributed by atoms with Crippen molar-refractivity contribution in [3.05, 3.63) is 63.6 Å². The lowest BCUT2D eigenvalue weighted by Crippen LogP contribution is -2.12. The first-order valence-electron chi connectivity index (χ1n) is 6.95. The second-order valence-electron chi connectivity index (χ2n) is 5.32. The Hall–Kier alpha value is -1.22. The fourth-order valence-electron chi connectivity index (χ4n) is 2.07. The Bertz CT molecular complexity index is 596. The van der Waals surface area contributed by atoms with Gasteiger partial charge in [-0.1, -0.05) is 67.4 Å². The SMILES string of the molecule is CC(C)c1ccc(C(O)CNc2cccc(Cl)c2Cl)cc1. The zero-order valence-electron chi connectivity index (χ0n) is 12.1. The van der Waals surface area contributed by atoms with Gasteiger partial charge in [-0.05, 0) is 29.2 Å². The van der Waals surface area contributed by atoms with Crippen molar-refractivity contribution in [2.75, 3.05) is 11.9 Å². The summed E-state index contributed by atoms with van der Waals surface area (Å²) in [6.07, 6.45) is -0.596. The van der Waals surface area contributed by atoms with E-state index in [1.807, 2.05) is 24.3 Å². The lowest BCUT2D eigenvalue weighted by Gasteiger charge is -2.15.